The Morgan fingerprint density at radius 2 is 2.06 bits per heavy atom. The van der Waals surface area contributed by atoms with Gasteiger partial charge in [0.05, 0.1) is 19.7 Å². The maximum Gasteiger partial charge on any atom is 0.347 e. The molecule has 1 aromatic carbocycles. The van der Waals surface area contributed by atoms with Gasteiger partial charge in [-0.15, -0.1) is 0 Å². The van der Waals surface area contributed by atoms with Crippen molar-refractivity contribution in [1.82, 2.24) is 9.97 Å². The Morgan fingerprint density at radius 1 is 1.35 bits per heavy atom. The lowest BCUT2D eigenvalue weighted by atomic mass is 10.1. The van der Waals surface area contributed by atoms with Crippen LogP contribution in [0, 0.1) is 6.92 Å². The van der Waals surface area contributed by atoms with Crippen molar-refractivity contribution in [2.75, 3.05) is 20.0 Å². The molecule has 6 heteroatoms. The normalized spacial score (nSPS) is 10.5. The molecule has 0 fully saturated rings. The summed E-state index contributed by atoms with van der Waals surface area (Å²) in [6.45, 7) is 1.83. The van der Waals surface area contributed by atoms with E-state index in [0.29, 0.717) is 22.4 Å². The van der Waals surface area contributed by atoms with E-state index in [1.807, 2.05) is 6.92 Å². The number of nitrogens with zero attached hydrogens (tertiary/aromatic N) is 1. The second-order valence-electron chi connectivity index (χ2n) is 3.59. The molecule has 0 radical (unpaired) electrons. The van der Waals surface area contributed by atoms with Crippen LogP contribution in [0.5, 0.6) is 11.5 Å². The minimum Gasteiger partial charge on any atom is -0.493 e. The highest BCUT2D eigenvalue weighted by molar-refractivity contribution is 5.94. The van der Waals surface area contributed by atoms with Gasteiger partial charge in [0.2, 0.25) is 0 Å². The number of aromatic nitrogens is 2. The van der Waals surface area contributed by atoms with Gasteiger partial charge < -0.3 is 20.2 Å². The van der Waals surface area contributed by atoms with Crippen LogP contribution >= 0.6 is 0 Å². The number of nitrogens with two attached hydrogens (primary N) is 1. The Balaban J connectivity index is 2.95. The molecule has 1 heterocycles. The number of fused-ring (bicyclic) bond motifs is 1. The minimum absolute atomic E-state index is 0.183. The Morgan fingerprint density at radius 3 is 2.65 bits per heavy atom. The zero-order valence-electron chi connectivity index (χ0n) is 9.83. The highest BCUT2D eigenvalue weighted by Crippen LogP contribution is 2.37. The fraction of sp³-hybridized carbons (Fsp3) is 0.273. The molecular formula is C11H13N3O3. The third-order valence-corrected chi connectivity index (χ3v) is 2.63. The molecule has 2 rings (SSSR count). The fourth-order valence-electron chi connectivity index (χ4n) is 1.91. The van der Waals surface area contributed by atoms with Gasteiger partial charge in [-0.05, 0) is 6.92 Å². The quantitative estimate of drug-likeness (QED) is 0.804. The van der Waals surface area contributed by atoms with Crippen LogP contribution in [0.25, 0.3) is 10.9 Å². The molecule has 6 nitrogen and oxygen atoms in total. The second-order valence-corrected chi connectivity index (χ2v) is 3.59. The van der Waals surface area contributed by atoms with E-state index in [4.69, 9.17) is 15.2 Å². The zero-order chi connectivity index (χ0) is 12.6. The number of aryl methyl sites for hydroxylation is 1. The summed E-state index contributed by atoms with van der Waals surface area (Å²) in [5, 5.41) is 0.669. The number of rotatable bonds is 2. The summed E-state index contributed by atoms with van der Waals surface area (Å²) in [6.07, 6.45) is 0. The van der Waals surface area contributed by atoms with Gasteiger partial charge in [0.15, 0.2) is 11.5 Å². The van der Waals surface area contributed by atoms with Crippen LogP contribution in [0.3, 0.4) is 0 Å². The van der Waals surface area contributed by atoms with Gasteiger partial charge in [0.25, 0.3) is 0 Å². The summed E-state index contributed by atoms with van der Waals surface area (Å²) < 4.78 is 10.5. The van der Waals surface area contributed by atoms with Gasteiger partial charge in [-0.3, -0.25) is 0 Å². The lowest BCUT2D eigenvalue weighted by molar-refractivity contribution is 0.354. The third-order valence-electron chi connectivity index (χ3n) is 2.63. The van der Waals surface area contributed by atoms with Crippen LogP contribution in [0.15, 0.2) is 10.9 Å². The van der Waals surface area contributed by atoms with Crippen molar-refractivity contribution in [3.8, 4) is 11.5 Å². The van der Waals surface area contributed by atoms with E-state index in [2.05, 4.69) is 9.97 Å². The number of benzene rings is 1. The summed E-state index contributed by atoms with van der Waals surface area (Å²) in [7, 11) is 3.08. The average molecular weight is 235 g/mol. The fourth-order valence-corrected chi connectivity index (χ4v) is 1.91. The van der Waals surface area contributed by atoms with E-state index in [1.165, 1.54) is 7.11 Å². The molecule has 0 unspecified atom stereocenters. The molecule has 0 saturated carbocycles. The molecular weight excluding hydrogens is 222 g/mol. The molecule has 0 saturated heterocycles. The van der Waals surface area contributed by atoms with Crippen LogP contribution < -0.4 is 20.9 Å². The lowest BCUT2D eigenvalue weighted by Crippen LogP contribution is -2.13. The first kappa shape index (κ1) is 11.3. The van der Waals surface area contributed by atoms with E-state index >= 15 is 0 Å². The van der Waals surface area contributed by atoms with Crippen molar-refractivity contribution in [1.29, 1.82) is 0 Å². The lowest BCUT2D eigenvalue weighted by Gasteiger charge is -2.13. The first-order valence-electron chi connectivity index (χ1n) is 4.99. The predicted octanol–water partition coefficient (Wildman–Crippen LogP) is 0.831. The molecule has 0 spiro atoms. The number of methoxy groups -OCH3 is 2. The standard InChI is InChI=1S/C11H13N3O3/c1-5-8-6(13-11(15)14-10(8)12)4-7(16-2)9(5)17-3/h4H,1-3H3,(H3,12,13,14,15). The number of aromatic amines is 1. The van der Waals surface area contributed by atoms with Crippen molar-refractivity contribution in [3.63, 3.8) is 0 Å². The molecule has 17 heavy (non-hydrogen) atoms. The van der Waals surface area contributed by atoms with Crippen LogP contribution in [-0.2, 0) is 0 Å². The molecule has 90 valence electrons. The molecule has 0 aliphatic carbocycles. The molecule has 2 aromatic rings. The molecule has 0 atom stereocenters. The number of H-pyrrole nitrogens is 1. The molecule has 0 aliphatic rings. The zero-order valence-corrected chi connectivity index (χ0v) is 9.83. The molecule has 1 aromatic heterocycles. The van der Waals surface area contributed by atoms with E-state index in [-0.39, 0.29) is 5.82 Å². The second kappa shape index (κ2) is 3.97. The summed E-state index contributed by atoms with van der Waals surface area (Å²) in [5.41, 5.74) is 6.62. The van der Waals surface area contributed by atoms with Crippen molar-refractivity contribution >= 4 is 16.7 Å². The molecule has 0 aliphatic heterocycles. The molecule has 0 bridgehead atoms. The van der Waals surface area contributed by atoms with Gasteiger partial charge in [0.1, 0.15) is 5.82 Å². The Hall–Kier alpha value is -2.24. The van der Waals surface area contributed by atoms with Crippen LogP contribution in [0.2, 0.25) is 0 Å². The Bertz CT molecular complexity index is 634. The maximum atomic E-state index is 11.3. The topological polar surface area (TPSA) is 90.2 Å². The van der Waals surface area contributed by atoms with Crippen molar-refractivity contribution in [2.24, 2.45) is 0 Å². The number of hydrogen-bond donors (Lipinski definition) is 2. The summed E-state index contributed by atoms with van der Waals surface area (Å²) in [4.78, 5) is 17.5. The minimum atomic E-state index is -0.485. The van der Waals surface area contributed by atoms with Crippen molar-refractivity contribution < 1.29 is 9.47 Å². The molecule has 0 amide bonds. The van der Waals surface area contributed by atoms with E-state index in [0.717, 1.165) is 5.56 Å². The Kier molecular flexibility index (Phi) is 2.63. The maximum absolute atomic E-state index is 11.3. The van der Waals surface area contributed by atoms with Gasteiger partial charge in [-0.25, -0.2) is 4.79 Å². The number of anilines is 1. The van der Waals surface area contributed by atoms with E-state index < -0.39 is 5.69 Å². The van der Waals surface area contributed by atoms with Gasteiger partial charge in [-0.2, -0.15) is 4.98 Å². The van der Waals surface area contributed by atoms with Crippen LogP contribution in [-0.4, -0.2) is 24.2 Å². The first-order chi connectivity index (χ1) is 8.08. The van der Waals surface area contributed by atoms with Gasteiger partial charge >= 0.3 is 5.69 Å². The number of nitrogen functional groups attached to an aromatic ring is 1. The largest absolute Gasteiger partial charge is 0.493 e. The summed E-state index contributed by atoms with van der Waals surface area (Å²) in [5.74, 6) is 1.31. The monoisotopic (exact) mass is 235 g/mol. The first-order valence-corrected chi connectivity index (χ1v) is 4.99. The number of nitrogens with one attached hydrogen (secondary N) is 1. The van der Waals surface area contributed by atoms with Crippen molar-refractivity contribution in [2.45, 2.75) is 6.92 Å². The number of ether oxygens (including phenoxy) is 2. The van der Waals surface area contributed by atoms with Gasteiger partial charge in [-0.1, -0.05) is 0 Å². The van der Waals surface area contributed by atoms with Crippen LogP contribution in [0.4, 0.5) is 5.82 Å². The summed E-state index contributed by atoms with van der Waals surface area (Å²) >= 11 is 0. The summed E-state index contributed by atoms with van der Waals surface area (Å²) in [6, 6.07) is 1.67. The van der Waals surface area contributed by atoms with E-state index in [1.54, 1.807) is 13.2 Å². The van der Waals surface area contributed by atoms with Crippen molar-refractivity contribution in [3.05, 3.63) is 22.1 Å². The van der Waals surface area contributed by atoms with E-state index in [9.17, 15) is 4.79 Å². The third kappa shape index (κ3) is 1.67. The SMILES string of the molecule is COc1cc2[nH]c(=O)nc(N)c2c(C)c1OC. The predicted molar refractivity (Wildman–Crippen MR) is 64.6 cm³/mol. The van der Waals surface area contributed by atoms with Crippen LogP contribution in [0.1, 0.15) is 5.56 Å². The number of hydrogen-bond acceptors (Lipinski definition) is 5. The molecule has 3 N–H and O–H groups in total. The highest BCUT2D eigenvalue weighted by Gasteiger charge is 2.14. The smallest absolute Gasteiger partial charge is 0.347 e. The van der Waals surface area contributed by atoms with Gasteiger partial charge in [0, 0.05) is 17.0 Å². The Labute approximate surface area is 97.4 Å². The average Bonchev–Trinajstić information content (AvgIpc) is 2.27. The highest BCUT2D eigenvalue weighted by atomic mass is 16.5.